The van der Waals surface area contributed by atoms with Gasteiger partial charge in [-0.15, -0.1) is 0 Å². The summed E-state index contributed by atoms with van der Waals surface area (Å²) in [5, 5.41) is 6.80. The van der Waals surface area contributed by atoms with Crippen molar-refractivity contribution in [2.75, 3.05) is 12.4 Å². The van der Waals surface area contributed by atoms with Gasteiger partial charge in [-0.3, -0.25) is 9.59 Å². The van der Waals surface area contributed by atoms with Crippen LogP contribution in [0.25, 0.3) is 11.0 Å². The molecule has 0 aliphatic rings. The van der Waals surface area contributed by atoms with Crippen LogP contribution in [-0.2, 0) is 11.2 Å². The van der Waals surface area contributed by atoms with Gasteiger partial charge in [-0.1, -0.05) is 30.3 Å². The van der Waals surface area contributed by atoms with Crippen molar-refractivity contribution < 1.29 is 18.7 Å². The van der Waals surface area contributed by atoms with Gasteiger partial charge in [-0.25, -0.2) is 0 Å². The first-order valence-corrected chi connectivity index (χ1v) is 10.3. The molecule has 0 aliphatic heterocycles. The number of anilines is 1. The van der Waals surface area contributed by atoms with E-state index in [1.54, 1.807) is 31.6 Å². The summed E-state index contributed by atoms with van der Waals surface area (Å²) in [4.78, 5) is 25.1. The minimum atomic E-state index is -0.227. The minimum Gasteiger partial charge on any atom is -0.497 e. The van der Waals surface area contributed by atoms with Crippen LogP contribution in [0.4, 0.5) is 5.69 Å². The van der Waals surface area contributed by atoms with E-state index in [1.807, 2.05) is 61.5 Å². The molecule has 0 saturated heterocycles. The van der Waals surface area contributed by atoms with Crippen molar-refractivity contribution in [2.24, 2.45) is 0 Å². The van der Waals surface area contributed by atoms with E-state index in [1.165, 1.54) is 0 Å². The topological polar surface area (TPSA) is 80.6 Å². The van der Waals surface area contributed by atoms with Crippen LogP contribution in [0, 0.1) is 0 Å². The van der Waals surface area contributed by atoms with Gasteiger partial charge < -0.3 is 19.8 Å². The lowest BCUT2D eigenvalue weighted by Crippen LogP contribution is -2.28. The maximum Gasteiger partial charge on any atom is 0.255 e. The van der Waals surface area contributed by atoms with E-state index in [4.69, 9.17) is 9.15 Å². The van der Waals surface area contributed by atoms with E-state index in [0.29, 0.717) is 22.6 Å². The molecule has 1 unspecified atom stereocenters. The van der Waals surface area contributed by atoms with Gasteiger partial charge in [0.05, 0.1) is 25.8 Å². The Bertz CT molecular complexity index is 1250. The fraction of sp³-hybridized carbons (Fsp3) is 0.154. The number of methoxy groups -OCH3 is 1. The highest BCUT2D eigenvalue weighted by molar-refractivity contribution is 6.04. The third kappa shape index (κ3) is 4.81. The van der Waals surface area contributed by atoms with E-state index in [0.717, 1.165) is 16.5 Å². The van der Waals surface area contributed by atoms with Crippen LogP contribution in [0.3, 0.4) is 0 Å². The summed E-state index contributed by atoms with van der Waals surface area (Å²) in [6.07, 6.45) is 1.81. The zero-order valence-corrected chi connectivity index (χ0v) is 17.9. The molecule has 2 N–H and O–H groups in total. The lowest BCUT2D eigenvalue weighted by Gasteiger charge is -2.15. The summed E-state index contributed by atoms with van der Waals surface area (Å²) >= 11 is 0. The summed E-state index contributed by atoms with van der Waals surface area (Å²) < 4.78 is 10.8. The molecule has 2 amide bonds. The number of nitrogens with one attached hydrogen (secondary N) is 2. The Hall–Kier alpha value is -4.06. The van der Waals surface area contributed by atoms with Crippen molar-refractivity contribution >= 4 is 28.5 Å². The third-order valence-electron chi connectivity index (χ3n) is 5.27. The smallest absolute Gasteiger partial charge is 0.255 e. The van der Waals surface area contributed by atoms with Gasteiger partial charge in [0.2, 0.25) is 5.91 Å². The van der Waals surface area contributed by atoms with Crippen LogP contribution in [0.15, 0.2) is 83.5 Å². The Labute approximate surface area is 186 Å². The van der Waals surface area contributed by atoms with E-state index < -0.39 is 0 Å². The Balaban J connectivity index is 1.40. The van der Waals surface area contributed by atoms with Crippen molar-refractivity contribution in [3.8, 4) is 5.75 Å². The summed E-state index contributed by atoms with van der Waals surface area (Å²) in [7, 11) is 1.60. The molecule has 0 radical (unpaired) electrons. The standard InChI is InChI=1S/C26H24N2O4/c1-17(19-9-6-10-21(13-19)28-26(30)18-7-4-3-5-8-18)27-25(29)14-20-16-32-24-15-22(31-2)11-12-23(20)24/h3-13,15-17H,14H2,1-2H3,(H,27,29)(H,28,30). The Morgan fingerprint density at radius 2 is 1.81 bits per heavy atom. The zero-order chi connectivity index (χ0) is 22.5. The van der Waals surface area contributed by atoms with Gasteiger partial charge in [0.15, 0.2) is 0 Å². The first-order chi connectivity index (χ1) is 15.5. The fourth-order valence-electron chi connectivity index (χ4n) is 3.55. The second-order valence-corrected chi connectivity index (χ2v) is 7.53. The molecule has 6 nitrogen and oxygen atoms in total. The summed E-state index contributed by atoms with van der Waals surface area (Å²) in [5.74, 6) is 0.411. The monoisotopic (exact) mass is 428 g/mol. The average molecular weight is 428 g/mol. The number of ether oxygens (including phenoxy) is 1. The van der Waals surface area contributed by atoms with Crippen LogP contribution < -0.4 is 15.4 Å². The molecule has 32 heavy (non-hydrogen) atoms. The molecule has 162 valence electrons. The van der Waals surface area contributed by atoms with Gasteiger partial charge in [-0.05, 0) is 48.9 Å². The van der Waals surface area contributed by atoms with E-state index in [9.17, 15) is 9.59 Å². The second-order valence-electron chi connectivity index (χ2n) is 7.53. The van der Waals surface area contributed by atoms with E-state index in [2.05, 4.69) is 10.6 Å². The SMILES string of the molecule is COc1ccc2c(CC(=O)NC(C)c3cccc(NC(=O)c4ccccc4)c3)coc2c1. The van der Waals surface area contributed by atoms with Crippen LogP contribution >= 0.6 is 0 Å². The predicted octanol–water partition coefficient (Wildman–Crippen LogP) is 5.11. The number of benzene rings is 3. The van der Waals surface area contributed by atoms with Crippen LogP contribution in [0.2, 0.25) is 0 Å². The molecule has 1 heterocycles. The number of hydrogen-bond acceptors (Lipinski definition) is 4. The molecule has 0 saturated carbocycles. The molecule has 6 heteroatoms. The molecule has 0 bridgehead atoms. The van der Waals surface area contributed by atoms with Gasteiger partial charge in [-0.2, -0.15) is 0 Å². The first kappa shape index (κ1) is 21.2. The van der Waals surface area contributed by atoms with Crippen molar-refractivity contribution in [1.29, 1.82) is 0 Å². The average Bonchev–Trinajstić information content (AvgIpc) is 3.21. The van der Waals surface area contributed by atoms with E-state index >= 15 is 0 Å². The number of carbonyl (C=O) groups excluding carboxylic acids is 2. The third-order valence-corrected chi connectivity index (χ3v) is 5.27. The van der Waals surface area contributed by atoms with Gasteiger partial charge in [0.1, 0.15) is 11.3 Å². The number of rotatable bonds is 7. The van der Waals surface area contributed by atoms with Crippen molar-refractivity contribution in [3.63, 3.8) is 0 Å². The molecule has 0 spiro atoms. The molecule has 0 aliphatic carbocycles. The largest absolute Gasteiger partial charge is 0.497 e. The van der Waals surface area contributed by atoms with Gasteiger partial charge >= 0.3 is 0 Å². The molecule has 4 aromatic rings. The van der Waals surface area contributed by atoms with Crippen LogP contribution in [0.1, 0.15) is 34.5 Å². The Kier molecular flexibility index (Phi) is 6.22. The number of amides is 2. The molecular formula is C26H24N2O4. The first-order valence-electron chi connectivity index (χ1n) is 10.3. The lowest BCUT2D eigenvalue weighted by molar-refractivity contribution is -0.121. The summed E-state index contributed by atoms with van der Waals surface area (Å²) in [5.41, 5.74) is 3.65. The minimum absolute atomic E-state index is 0.116. The molecule has 1 atom stereocenters. The molecule has 4 rings (SSSR count). The summed E-state index contributed by atoms with van der Waals surface area (Å²) in [6, 6.07) is 21.8. The maximum atomic E-state index is 12.7. The number of fused-ring (bicyclic) bond motifs is 1. The quantitative estimate of drug-likeness (QED) is 0.428. The molecule has 3 aromatic carbocycles. The molecule has 0 fully saturated rings. The highest BCUT2D eigenvalue weighted by atomic mass is 16.5. The lowest BCUT2D eigenvalue weighted by atomic mass is 10.1. The Morgan fingerprint density at radius 1 is 1.00 bits per heavy atom. The maximum absolute atomic E-state index is 12.7. The van der Waals surface area contributed by atoms with E-state index in [-0.39, 0.29) is 24.3 Å². The highest BCUT2D eigenvalue weighted by Gasteiger charge is 2.15. The number of furan rings is 1. The Morgan fingerprint density at radius 3 is 2.59 bits per heavy atom. The zero-order valence-electron chi connectivity index (χ0n) is 17.9. The van der Waals surface area contributed by atoms with Crippen LogP contribution in [0.5, 0.6) is 5.75 Å². The fourth-order valence-corrected chi connectivity index (χ4v) is 3.55. The number of hydrogen-bond donors (Lipinski definition) is 2. The van der Waals surface area contributed by atoms with Crippen molar-refractivity contribution in [2.45, 2.75) is 19.4 Å². The van der Waals surface area contributed by atoms with Crippen molar-refractivity contribution in [3.05, 3.63) is 95.7 Å². The normalized spacial score (nSPS) is 11.7. The molecular weight excluding hydrogens is 404 g/mol. The number of carbonyl (C=O) groups is 2. The van der Waals surface area contributed by atoms with Crippen molar-refractivity contribution in [1.82, 2.24) is 5.32 Å². The summed E-state index contributed by atoms with van der Waals surface area (Å²) in [6.45, 7) is 1.91. The second kappa shape index (κ2) is 9.39. The highest BCUT2D eigenvalue weighted by Crippen LogP contribution is 2.26. The molecule has 1 aromatic heterocycles. The van der Waals surface area contributed by atoms with Gasteiger partial charge in [0, 0.05) is 28.3 Å². The van der Waals surface area contributed by atoms with Gasteiger partial charge in [0.25, 0.3) is 5.91 Å². The van der Waals surface area contributed by atoms with Crippen LogP contribution in [-0.4, -0.2) is 18.9 Å². The predicted molar refractivity (Wildman–Crippen MR) is 124 cm³/mol.